The SMILES string of the molecule is COc1cc(CO[C@H](c2ccccc2)[C@H](OC(=O)[C@H](O)c2ccccc2)c2ccccc2)cc(OC)c1OC. The molecule has 1 N–H and O–H groups in total. The molecule has 3 atom stereocenters. The van der Waals surface area contributed by atoms with Crippen molar-refractivity contribution < 1.29 is 33.6 Å². The minimum atomic E-state index is -1.44. The molecular weight excluding hydrogens is 496 g/mol. The summed E-state index contributed by atoms with van der Waals surface area (Å²) >= 11 is 0. The van der Waals surface area contributed by atoms with Crippen molar-refractivity contribution in [2.24, 2.45) is 0 Å². The summed E-state index contributed by atoms with van der Waals surface area (Å²) < 4.78 is 28.9. The lowest BCUT2D eigenvalue weighted by Crippen LogP contribution is -2.24. The van der Waals surface area contributed by atoms with Crippen molar-refractivity contribution in [1.82, 2.24) is 0 Å². The van der Waals surface area contributed by atoms with Gasteiger partial charge in [0.25, 0.3) is 0 Å². The zero-order chi connectivity index (χ0) is 27.6. The van der Waals surface area contributed by atoms with Crippen molar-refractivity contribution in [1.29, 1.82) is 0 Å². The first kappa shape index (κ1) is 27.7. The van der Waals surface area contributed by atoms with Gasteiger partial charge in [-0.25, -0.2) is 4.79 Å². The molecule has 202 valence electrons. The predicted molar refractivity (Wildman–Crippen MR) is 147 cm³/mol. The predicted octanol–water partition coefficient (Wildman–Crippen LogP) is 5.99. The molecule has 0 saturated heterocycles. The zero-order valence-electron chi connectivity index (χ0n) is 22.2. The van der Waals surface area contributed by atoms with Gasteiger partial charge in [0, 0.05) is 0 Å². The molecule has 0 heterocycles. The lowest BCUT2D eigenvalue weighted by Gasteiger charge is -2.29. The molecule has 0 aliphatic heterocycles. The molecule has 0 unspecified atom stereocenters. The lowest BCUT2D eigenvalue weighted by atomic mass is 9.97. The molecule has 39 heavy (non-hydrogen) atoms. The highest BCUT2D eigenvalue weighted by atomic mass is 16.6. The Kier molecular flexibility index (Phi) is 9.56. The number of rotatable bonds is 12. The normalized spacial score (nSPS) is 13.1. The summed E-state index contributed by atoms with van der Waals surface area (Å²) in [6.45, 7) is 0.151. The van der Waals surface area contributed by atoms with Crippen molar-refractivity contribution >= 4 is 5.97 Å². The summed E-state index contributed by atoms with van der Waals surface area (Å²) in [7, 11) is 4.65. The molecule has 0 bridgehead atoms. The van der Waals surface area contributed by atoms with E-state index in [0.29, 0.717) is 22.8 Å². The van der Waals surface area contributed by atoms with E-state index in [4.69, 9.17) is 23.7 Å². The number of carbonyl (C=O) groups excluding carboxylic acids is 1. The van der Waals surface area contributed by atoms with Crippen molar-refractivity contribution in [3.8, 4) is 17.2 Å². The Balaban J connectivity index is 1.68. The van der Waals surface area contributed by atoms with E-state index in [0.717, 1.165) is 16.7 Å². The number of ether oxygens (including phenoxy) is 5. The van der Waals surface area contributed by atoms with E-state index in [9.17, 15) is 9.90 Å². The van der Waals surface area contributed by atoms with E-state index in [1.54, 1.807) is 45.6 Å². The second kappa shape index (κ2) is 13.5. The molecule has 4 rings (SSSR count). The quantitative estimate of drug-likeness (QED) is 0.226. The highest BCUT2D eigenvalue weighted by molar-refractivity contribution is 5.76. The molecule has 0 saturated carbocycles. The van der Waals surface area contributed by atoms with Crippen LogP contribution in [0.1, 0.15) is 40.6 Å². The number of hydrogen-bond donors (Lipinski definition) is 1. The largest absolute Gasteiger partial charge is 0.493 e. The number of esters is 1. The summed E-state index contributed by atoms with van der Waals surface area (Å²) in [5.74, 6) is 0.717. The third-order valence-electron chi connectivity index (χ3n) is 6.27. The standard InChI is InChI=1S/C32H32O7/c1-35-26-19-22(20-27(36-2)31(26)37-3)21-38-29(24-15-9-5-10-16-24)30(25-17-11-6-12-18-25)39-32(34)28(33)23-13-7-4-8-14-23/h4-20,28-30,33H,21H2,1-3H3/t28-,29-,30-/m1/s1. The van der Waals surface area contributed by atoms with Gasteiger partial charge in [0.2, 0.25) is 5.75 Å². The summed E-state index contributed by atoms with van der Waals surface area (Å²) in [5.41, 5.74) is 2.75. The van der Waals surface area contributed by atoms with Crippen molar-refractivity contribution in [3.63, 3.8) is 0 Å². The van der Waals surface area contributed by atoms with Gasteiger partial charge >= 0.3 is 5.97 Å². The van der Waals surface area contributed by atoms with Crippen LogP contribution in [0.2, 0.25) is 0 Å². The number of aliphatic hydroxyl groups is 1. The van der Waals surface area contributed by atoms with E-state index >= 15 is 0 Å². The second-order valence-electron chi connectivity index (χ2n) is 8.76. The average Bonchev–Trinajstić information content (AvgIpc) is 3.00. The minimum absolute atomic E-state index is 0.151. The number of aliphatic hydroxyl groups excluding tert-OH is 1. The second-order valence-corrected chi connectivity index (χ2v) is 8.76. The van der Waals surface area contributed by atoms with Crippen LogP contribution in [0.5, 0.6) is 17.2 Å². The van der Waals surface area contributed by atoms with E-state index in [2.05, 4.69) is 0 Å². The summed E-state index contributed by atoms with van der Waals surface area (Å²) in [4.78, 5) is 13.2. The van der Waals surface area contributed by atoms with Gasteiger partial charge in [-0.2, -0.15) is 0 Å². The molecule has 0 spiro atoms. The number of hydrogen-bond acceptors (Lipinski definition) is 7. The molecule has 0 radical (unpaired) electrons. The van der Waals surface area contributed by atoms with Crippen LogP contribution in [0, 0.1) is 0 Å². The highest BCUT2D eigenvalue weighted by Crippen LogP contribution is 2.40. The van der Waals surface area contributed by atoms with Crippen LogP contribution in [0.25, 0.3) is 0 Å². The van der Waals surface area contributed by atoms with Gasteiger partial charge in [-0.05, 0) is 34.4 Å². The first-order valence-corrected chi connectivity index (χ1v) is 12.5. The fourth-order valence-electron chi connectivity index (χ4n) is 4.31. The molecule has 7 heteroatoms. The van der Waals surface area contributed by atoms with Crippen LogP contribution in [0.15, 0.2) is 103 Å². The van der Waals surface area contributed by atoms with Crippen LogP contribution in [0.3, 0.4) is 0 Å². The summed E-state index contributed by atoms with van der Waals surface area (Å²) in [6.07, 6.45) is -2.98. The highest BCUT2D eigenvalue weighted by Gasteiger charge is 2.32. The van der Waals surface area contributed by atoms with Gasteiger partial charge in [-0.15, -0.1) is 0 Å². The molecule has 0 aromatic heterocycles. The lowest BCUT2D eigenvalue weighted by molar-refractivity contribution is -0.170. The maximum absolute atomic E-state index is 13.2. The fraction of sp³-hybridized carbons (Fsp3) is 0.219. The van der Waals surface area contributed by atoms with Gasteiger partial charge in [-0.3, -0.25) is 0 Å². The number of methoxy groups -OCH3 is 3. The maximum Gasteiger partial charge on any atom is 0.340 e. The Bertz CT molecular complexity index is 1300. The van der Waals surface area contributed by atoms with Gasteiger partial charge in [0.05, 0.1) is 27.9 Å². The molecule has 0 fully saturated rings. The monoisotopic (exact) mass is 528 g/mol. The van der Waals surface area contributed by atoms with Crippen LogP contribution >= 0.6 is 0 Å². The zero-order valence-corrected chi connectivity index (χ0v) is 22.2. The van der Waals surface area contributed by atoms with Gasteiger partial charge in [0.1, 0.15) is 6.10 Å². The van der Waals surface area contributed by atoms with Crippen molar-refractivity contribution in [3.05, 3.63) is 125 Å². The Hall–Kier alpha value is -4.33. The Morgan fingerprint density at radius 3 is 1.59 bits per heavy atom. The molecule has 7 nitrogen and oxygen atoms in total. The number of benzene rings is 4. The molecule has 0 amide bonds. The van der Waals surface area contributed by atoms with Crippen LogP contribution < -0.4 is 14.2 Å². The summed E-state index contributed by atoms with van der Waals surface area (Å²) in [6, 6.07) is 31.2. The first-order valence-electron chi connectivity index (χ1n) is 12.5. The topological polar surface area (TPSA) is 83.5 Å². The maximum atomic E-state index is 13.2. The van der Waals surface area contributed by atoms with E-state index in [1.807, 2.05) is 78.9 Å². The van der Waals surface area contributed by atoms with E-state index < -0.39 is 24.3 Å². The van der Waals surface area contributed by atoms with Crippen molar-refractivity contribution in [2.45, 2.75) is 24.9 Å². The third-order valence-corrected chi connectivity index (χ3v) is 6.27. The average molecular weight is 529 g/mol. The van der Waals surface area contributed by atoms with Gasteiger partial charge in [-0.1, -0.05) is 91.0 Å². The van der Waals surface area contributed by atoms with E-state index in [1.165, 1.54) is 0 Å². The van der Waals surface area contributed by atoms with Crippen LogP contribution in [0.4, 0.5) is 0 Å². The Morgan fingerprint density at radius 1 is 0.667 bits per heavy atom. The van der Waals surface area contributed by atoms with Crippen molar-refractivity contribution in [2.75, 3.05) is 21.3 Å². The first-order chi connectivity index (χ1) is 19.0. The molecule has 0 aliphatic rings. The van der Waals surface area contributed by atoms with Gasteiger partial charge in [0.15, 0.2) is 23.7 Å². The molecule has 4 aromatic carbocycles. The van der Waals surface area contributed by atoms with Crippen LogP contribution in [-0.4, -0.2) is 32.4 Å². The summed E-state index contributed by atoms with van der Waals surface area (Å²) in [5, 5.41) is 10.8. The molecule has 0 aliphatic carbocycles. The van der Waals surface area contributed by atoms with E-state index in [-0.39, 0.29) is 6.61 Å². The smallest absolute Gasteiger partial charge is 0.340 e. The third kappa shape index (κ3) is 6.76. The fourth-order valence-corrected chi connectivity index (χ4v) is 4.31. The Labute approximate surface area is 228 Å². The van der Waals surface area contributed by atoms with Crippen LogP contribution in [-0.2, 0) is 20.9 Å². The van der Waals surface area contributed by atoms with Gasteiger partial charge < -0.3 is 28.8 Å². The molecule has 4 aromatic rings. The molecular formula is C32H32O7. The minimum Gasteiger partial charge on any atom is -0.493 e. The number of carbonyl (C=O) groups is 1. The Morgan fingerprint density at radius 2 is 1.13 bits per heavy atom.